The van der Waals surface area contributed by atoms with Gasteiger partial charge in [0.05, 0.1) is 0 Å². The number of carbonyl (C=O) groups excluding carboxylic acids is 1. The second kappa shape index (κ2) is 6.40. The summed E-state index contributed by atoms with van der Waals surface area (Å²) in [6.07, 6.45) is 3.25. The predicted octanol–water partition coefficient (Wildman–Crippen LogP) is 4.61. The van der Waals surface area contributed by atoms with Crippen molar-refractivity contribution in [2.75, 3.05) is 5.32 Å². The van der Waals surface area contributed by atoms with Crippen LogP contribution in [0.25, 0.3) is 6.08 Å². The zero-order valence-electron chi connectivity index (χ0n) is 11.5. The SMILES string of the molecule is Cc1ccc(NC(=O)C=Cc2cccc(Cl)c2)c(C)c1. The van der Waals surface area contributed by atoms with E-state index < -0.39 is 0 Å². The van der Waals surface area contributed by atoms with Gasteiger partial charge in [0.2, 0.25) is 5.91 Å². The normalized spacial score (nSPS) is 10.8. The van der Waals surface area contributed by atoms with Crippen molar-refractivity contribution in [1.29, 1.82) is 0 Å². The molecule has 0 heterocycles. The number of rotatable bonds is 3. The zero-order valence-corrected chi connectivity index (χ0v) is 12.2. The lowest BCUT2D eigenvalue weighted by atomic mass is 10.1. The molecule has 2 rings (SSSR count). The molecule has 102 valence electrons. The van der Waals surface area contributed by atoms with Crippen LogP contribution < -0.4 is 5.32 Å². The van der Waals surface area contributed by atoms with E-state index in [2.05, 4.69) is 5.32 Å². The molecule has 0 fully saturated rings. The summed E-state index contributed by atoms with van der Waals surface area (Å²) in [6, 6.07) is 13.3. The van der Waals surface area contributed by atoms with Crippen molar-refractivity contribution in [2.24, 2.45) is 0 Å². The molecule has 0 atom stereocenters. The standard InChI is InChI=1S/C17H16ClNO/c1-12-6-8-16(13(2)10-12)19-17(20)9-7-14-4-3-5-15(18)11-14/h3-11H,1-2H3,(H,19,20). The summed E-state index contributed by atoms with van der Waals surface area (Å²) in [7, 11) is 0. The Bertz CT molecular complexity index is 662. The number of hydrogen-bond acceptors (Lipinski definition) is 1. The summed E-state index contributed by atoms with van der Waals surface area (Å²) in [5, 5.41) is 3.52. The Morgan fingerprint density at radius 2 is 1.95 bits per heavy atom. The van der Waals surface area contributed by atoms with Crippen molar-refractivity contribution in [1.82, 2.24) is 0 Å². The molecule has 0 aliphatic rings. The first kappa shape index (κ1) is 14.4. The van der Waals surface area contributed by atoms with E-state index in [1.165, 1.54) is 11.6 Å². The third kappa shape index (κ3) is 3.97. The van der Waals surface area contributed by atoms with Crippen LogP contribution in [0.2, 0.25) is 5.02 Å². The molecule has 20 heavy (non-hydrogen) atoms. The van der Waals surface area contributed by atoms with Crippen LogP contribution in [0.15, 0.2) is 48.5 Å². The lowest BCUT2D eigenvalue weighted by Crippen LogP contribution is -2.08. The van der Waals surface area contributed by atoms with Crippen molar-refractivity contribution in [2.45, 2.75) is 13.8 Å². The van der Waals surface area contributed by atoms with Gasteiger partial charge in [-0.05, 0) is 49.2 Å². The minimum absolute atomic E-state index is 0.156. The Balaban J connectivity index is 2.05. The minimum atomic E-state index is -0.156. The Morgan fingerprint density at radius 1 is 1.15 bits per heavy atom. The molecular formula is C17H16ClNO. The van der Waals surface area contributed by atoms with Gasteiger partial charge in [0, 0.05) is 16.8 Å². The van der Waals surface area contributed by atoms with Crippen LogP contribution in [0.5, 0.6) is 0 Å². The molecule has 0 spiro atoms. The fraction of sp³-hybridized carbons (Fsp3) is 0.118. The molecular weight excluding hydrogens is 270 g/mol. The van der Waals surface area contributed by atoms with E-state index in [1.807, 2.05) is 50.2 Å². The van der Waals surface area contributed by atoms with Crippen molar-refractivity contribution in [3.8, 4) is 0 Å². The minimum Gasteiger partial charge on any atom is -0.322 e. The Morgan fingerprint density at radius 3 is 2.65 bits per heavy atom. The summed E-state index contributed by atoms with van der Waals surface area (Å²) in [4.78, 5) is 11.9. The highest BCUT2D eigenvalue weighted by Crippen LogP contribution is 2.16. The first-order chi connectivity index (χ1) is 9.54. The quantitative estimate of drug-likeness (QED) is 0.820. The molecule has 2 aromatic carbocycles. The van der Waals surface area contributed by atoms with Crippen LogP contribution in [0.1, 0.15) is 16.7 Å². The molecule has 3 heteroatoms. The zero-order chi connectivity index (χ0) is 14.5. The van der Waals surface area contributed by atoms with Gasteiger partial charge in [0.15, 0.2) is 0 Å². The third-order valence-corrected chi connectivity index (χ3v) is 3.15. The van der Waals surface area contributed by atoms with Crippen molar-refractivity contribution >= 4 is 29.3 Å². The van der Waals surface area contributed by atoms with Gasteiger partial charge in [-0.3, -0.25) is 4.79 Å². The summed E-state index contributed by atoms with van der Waals surface area (Å²) in [6.45, 7) is 4.00. The van der Waals surface area contributed by atoms with Crippen LogP contribution >= 0.6 is 11.6 Å². The second-order valence-electron chi connectivity index (χ2n) is 4.70. The van der Waals surface area contributed by atoms with Crippen LogP contribution in [0.4, 0.5) is 5.69 Å². The average molecular weight is 286 g/mol. The van der Waals surface area contributed by atoms with Gasteiger partial charge in [-0.2, -0.15) is 0 Å². The molecule has 0 unspecified atom stereocenters. The number of amides is 1. The Hall–Kier alpha value is -2.06. The van der Waals surface area contributed by atoms with E-state index in [1.54, 1.807) is 12.1 Å². The maximum Gasteiger partial charge on any atom is 0.248 e. The molecule has 0 aliphatic heterocycles. The number of aryl methyl sites for hydroxylation is 2. The fourth-order valence-electron chi connectivity index (χ4n) is 1.91. The fourth-order valence-corrected chi connectivity index (χ4v) is 2.11. The van der Waals surface area contributed by atoms with Crippen LogP contribution in [-0.2, 0) is 4.79 Å². The van der Waals surface area contributed by atoms with Crippen molar-refractivity contribution < 1.29 is 4.79 Å². The van der Waals surface area contributed by atoms with Crippen LogP contribution in [0, 0.1) is 13.8 Å². The van der Waals surface area contributed by atoms with E-state index in [0.717, 1.165) is 16.8 Å². The Kier molecular flexibility index (Phi) is 4.59. The summed E-state index contributed by atoms with van der Waals surface area (Å²) >= 11 is 5.89. The molecule has 2 nitrogen and oxygen atoms in total. The van der Waals surface area contributed by atoms with E-state index in [0.29, 0.717) is 5.02 Å². The number of benzene rings is 2. The van der Waals surface area contributed by atoms with E-state index in [9.17, 15) is 4.79 Å². The highest BCUT2D eigenvalue weighted by Gasteiger charge is 2.01. The van der Waals surface area contributed by atoms with Gasteiger partial charge in [0.25, 0.3) is 0 Å². The van der Waals surface area contributed by atoms with Gasteiger partial charge in [-0.15, -0.1) is 0 Å². The first-order valence-corrected chi connectivity index (χ1v) is 6.74. The van der Waals surface area contributed by atoms with Crippen molar-refractivity contribution in [3.05, 3.63) is 70.3 Å². The monoisotopic (exact) mass is 285 g/mol. The smallest absolute Gasteiger partial charge is 0.248 e. The lowest BCUT2D eigenvalue weighted by molar-refractivity contribution is -0.111. The molecule has 0 aliphatic carbocycles. The molecule has 0 saturated heterocycles. The highest BCUT2D eigenvalue weighted by atomic mass is 35.5. The van der Waals surface area contributed by atoms with Gasteiger partial charge >= 0.3 is 0 Å². The Labute approximate surface area is 124 Å². The van der Waals surface area contributed by atoms with Crippen LogP contribution in [0.3, 0.4) is 0 Å². The summed E-state index contributed by atoms with van der Waals surface area (Å²) < 4.78 is 0. The lowest BCUT2D eigenvalue weighted by Gasteiger charge is -2.07. The van der Waals surface area contributed by atoms with Gasteiger partial charge in [0.1, 0.15) is 0 Å². The van der Waals surface area contributed by atoms with Gasteiger partial charge in [-0.1, -0.05) is 41.4 Å². The van der Waals surface area contributed by atoms with E-state index >= 15 is 0 Å². The molecule has 2 aromatic rings. The summed E-state index contributed by atoms with van der Waals surface area (Å²) in [5.41, 5.74) is 3.95. The van der Waals surface area contributed by atoms with E-state index in [-0.39, 0.29) is 5.91 Å². The number of carbonyl (C=O) groups is 1. The summed E-state index contributed by atoms with van der Waals surface area (Å²) in [5.74, 6) is -0.156. The van der Waals surface area contributed by atoms with Crippen molar-refractivity contribution in [3.63, 3.8) is 0 Å². The van der Waals surface area contributed by atoms with Gasteiger partial charge in [-0.25, -0.2) is 0 Å². The average Bonchev–Trinajstić information content (AvgIpc) is 2.40. The topological polar surface area (TPSA) is 29.1 Å². The largest absolute Gasteiger partial charge is 0.322 e. The number of anilines is 1. The maximum atomic E-state index is 11.9. The molecule has 0 aromatic heterocycles. The molecule has 1 amide bonds. The maximum absolute atomic E-state index is 11.9. The molecule has 0 radical (unpaired) electrons. The predicted molar refractivity (Wildman–Crippen MR) is 85.0 cm³/mol. The third-order valence-electron chi connectivity index (χ3n) is 2.92. The first-order valence-electron chi connectivity index (χ1n) is 6.36. The number of hydrogen-bond donors (Lipinski definition) is 1. The second-order valence-corrected chi connectivity index (χ2v) is 5.13. The number of nitrogens with one attached hydrogen (secondary N) is 1. The highest BCUT2D eigenvalue weighted by molar-refractivity contribution is 6.30. The van der Waals surface area contributed by atoms with Gasteiger partial charge < -0.3 is 5.32 Å². The molecule has 0 bridgehead atoms. The molecule has 0 saturated carbocycles. The van der Waals surface area contributed by atoms with Crippen LogP contribution in [-0.4, -0.2) is 5.91 Å². The van der Waals surface area contributed by atoms with E-state index in [4.69, 9.17) is 11.6 Å². The number of halogens is 1. The molecule has 1 N–H and O–H groups in total.